The van der Waals surface area contributed by atoms with Crippen molar-refractivity contribution in [1.82, 2.24) is 9.97 Å². The van der Waals surface area contributed by atoms with Gasteiger partial charge in [0.2, 0.25) is 0 Å². The molecular weight excluding hydrogens is 388 g/mol. The molecule has 0 aliphatic heterocycles. The number of aromatic nitrogens is 2. The monoisotopic (exact) mass is 404 g/mol. The van der Waals surface area contributed by atoms with Crippen LogP contribution in [0, 0.1) is 0 Å². The minimum absolute atomic E-state index is 0.848. The highest BCUT2D eigenvalue weighted by Crippen LogP contribution is 2.37. The summed E-state index contributed by atoms with van der Waals surface area (Å²) in [6.07, 6.45) is 0. The second-order valence-electron chi connectivity index (χ2n) is 6.28. The molecule has 28 heavy (non-hydrogen) atoms. The lowest BCUT2D eigenvalue weighted by molar-refractivity contribution is 0.415. The first-order valence-corrected chi connectivity index (χ1v) is 10.4. The SMILES string of the molecule is COc1ccc(-c2nc3cc4sc(-c5ccc(OC)cc5)nc4cc3s2)cc1. The van der Waals surface area contributed by atoms with Crippen LogP contribution < -0.4 is 9.47 Å². The Labute approximate surface area is 170 Å². The first kappa shape index (κ1) is 17.2. The molecule has 0 amide bonds. The van der Waals surface area contributed by atoms with Crippen molar-refractivity contribution in [2.24, 2.45) is 0 Å². The molecule has 0 saturated carbocycles. The fourth-order valence-electron chi connectivity index (χ4n) is 3.06. The Morgan fingerprint density at radius 3 is 1.36 bits per heavy atom. The van der Waals surface area contributed by atoms with Crippen molar-refractivity contribution in [1.29, 1.82) is 0 Å². The molecule has 0 N–H and O–H groups in total. The van der Waals surface area contributed by atoms with Crippen molar-refractivity contribution in [3.05, 3.63) is 60.7 Å². The molecule has 0 bridgehead atoms. The highest BCUT2D eigenvalue weighted by molar-refractivity contribution is 7.23. The van der Waals surface area contributed by atoms with E-state index in [1.807, 2.05) is 48.5 Å². The van der Waals surface area contributed by atoms with Gasteiger partial charge in [-0.2, -0.15) is 0 Å². The molecule has 0 saturated heterocycles. The van der Waals surface area contributed by atoms with Crippen LogP contribution in [0.5, 0.6) is 11.5 Å². The molecule has 2 heterocycles. The van der Waals surface area contributed by atoms with Gasteiger partial charge in [0.1, 0.15) is 21.5 Å². The molecule has 4 nitrogen and oxygen atoms in total. The van der Waals surface area contributed by atoms with Crippen LogP contribution in [0.15, 0.2) is 60.7 Å². The van der Waals surface area contributed by atoms with Crippen LogP contribution >= 0.6 is 22.7 Å². The van der Waals surface area contributed by atoms with Crippen molar-refractivity contribution in [2.75, 3.05) is 14.2 Å². The number of benzene rings is 3. The maximum absolute atomic E-state index is 5.24. The normalized spacial score (nSPS) is 11.2. The summed E-state index contributed by atoms with van der Waals surface area (Å²) in [5, 5.41) is 2.01. The molecule has 2 aromatic heterocycles. The van der Waals surface area contributed by atoms with E-state index in [0.29, 0.717) is 0 Å². The zero-order chi connectivity index (χ0) is 19.1. The van der Waals surface area contributed by atoms with E-state index in [0.717, 1.165) is 53.1 Å². The fraction of sp³-hybridized carbons (Fsp3) is 0.0909. The number of methoxy groups -OCH3 is 2. The average molecular weight is 405 g/mol. The number of thiazole rings is 2. The van der Waals surface area contributed by atoms with Gasteiger partial charge in [0.25, 0.3) is 0 Å². The number of nitrogens with zero attached hydrogens (tertiary/aromatic N) is 2. The number of hydrogen-bond donors (Lipinski definition) is 0. The zero-order valence-corrected chi connectivity index (χ0v) is 16.9. The van der Waals surface area contributed by atoms with Gasteiger partial charge in [-0.3, -0.25) is 0 Å². The van der Waals surface area contributed by atoms with Gasteiger partial charge in [-0.15, -0.1) is 22.7 Å². The highest BCUT2D eigenvalue weighted by atomic mass is 32.1. The Morgan fingerprint density at radius 1 is 0.607 bits per heavy atom. The predicted octanol–water partition coefficient (Wildman–Crippen LogP) is 6.26. The van der Waals surface area contributed by atoms with Gasteiger partial charge in [-0.05, 0) is 60.7 Å². The third kappa shape index (κ3) is 3.00. The van der Waals surface area contributed by atoms with Gasteiger partial charge in [-0.25, -0.2) is 9.97 Å². The molecule has 0 unspecified atom stereocenters. The van der Waals surface area contributed by atoms with Crippen molar-refractivity contribution < 1.29 is 9.47 Å². The maximum Gasteiger partial charge on any atom is 0.124 e. The number of rotatable bonds is 4. The molecule has 0 radical (unpaired) electrons. The minimum Gasteiger partial charge on any atom is -0.497 e. The molecule has 0 fully saturated rings. The van der Waals surface area contributed by atoms with E-state index in [9.17, 15) is 0 Å². The summed E-state index contributed by atoms with van der Waals surface area (Å²) in [6.45, 7) is 0. The Balaban J connectivity index is 1.54. The standard InChI is InChI=1S/C22H16N2O2S2/c1-25-15-7-3-13(4-8-15)21-23-17-11-20-18(12-19(17)27-21)24-22(28-20)14-5-9-16(26-2)10-6-14/h3-12H,1-2H3. The fourth-order valence-corrected chi connectivity index (χ4v) is 5.04. The minimum atomic E-state index is 0.848. The van der Waals surface area contributed by atoms with E-state index in [2.05, 4.69) is 12.1 Å². The van der Waals surface area contributed by atoms with E-state index in [4.69, 9.17) is 19.4 Å². The van der Waals surface area contributed by atoms with Crippen LogP contribution in [0.1, 0.15) is 0 Å². The molecule has 0 atom stereocenters. The Bertz CT molecular complexity index is 1120. The lowest BCUT2D eigenvalue weighted by atomic mass is 10.2. The van der Waals surface area contributed by atoms with Crippen molar-refractivity contribution in [2.45, 2.75) is 0 Å². The Kier molecular flexibility index (Phi) is 4.22. The van der Waals surface area contributed by atoms with Crippen molar-refractivity contribution in [3.8, 4) is 32.6 Å². The van der Waals surface area contributed by atoms with Crippen LogP contribution in [0.3, 0.4) is 0 Å². The van der Waals surface area contributed by atoms with Crippen LogP contribution in [-0.2, 0) is 0 Å². The molecule has 3 aromatic carbocycles. The molecule has 0 spiro atoms. The second kappa shape index (κ2) is 6.89. The molecule has 0 aliphatic carbocycles. The highest BCUT2D eigenvalue weighted by Gasteiger charge is 2.12. The van der Waals surface area contributed by atoms with Crippen molar-refractivity contribution >= 4 is 43.1 Å². The first-order valence-electron chi connectivity index (χ1n) is 8.73. The summed E-state index contributed by atoms with van der Waals surface area (Å²) >= 11 is 3.37. The van der Waals surface area contributed by atoms with Crippen LogP contribution in [0.2, 0.25) is 0 Å². The lowest BCUT2D eigenvalue weighted by Crippen LogP contribution is -1.82. The Morgan fingerprint density at radius 2 is 1.00 bits per heavy atom. The van der Waals surface area contributed by atoms with Crippen LogP contribution in [0.25, 0.3) is 41.6 Å². The van der Waals surface area contributed by atoms with Gasteiger partial charge in [-0.1, -0.05) is 0 Å². The van der Waals surface area contributed by atoms with E-state index < -0.39 is 0 Å². The van der Waals surface area contributed by atoms with Gasteiger partial charge in [0.05, 0.1) is 34.7 Å². The number of ether oxygens (including phenoxy) is 2. The van der Waals surface area contributed by atoms with Gasteiger partial charge in [0, 0.05) is 11.1 Å². The average Bonchev–Trinajstić information content (AvgIpc) is 3.35. The molecule has 0 aliphatic rings. The summed E-state index contributed by atoms with van der Waals surface area (Å²) in [7, 11) is 3.35. The molecule has 138 valence electrons. The topological polar surface area (TPSA) is 44.2 Å². The van der Waals surface area contributed by atoms with Crippen molar-refractivity contribution in [3.63, 3.8) is 0 Å². The third-order valence-corrected chi connectivity index (χ3v) is 6.71. The summed E-state index contributed by atoms with van der Waals surface area (Å²) in [6, 6.07) is 20.3. The van der Waals surface area contributed by atoms with E-state index >= 15 is 0 Å². The molecule has 6 heteroatoms. The van der Waals surface area contributed by atoms with Crippen LogP contribution in [-0.4, -0.2) is 24.2 Å². The van der Waals surface area contributed by atoms with Gasteiger partial charge in [0.15, 0.2) is 0 Å². The summed E-state index contributed by atoms with van der Waals surface area (Å²) in [5.74, 6) is 1.70. The van der Waals surface area contributed by atoms with Gasteiger partial charge < -0.3 is 9.47 Å². The number of fused-ring (bicyclic) bond motifs is 2. The predicted molar refractivity (Wildman–Crippen MR) is 117 cm³/mol. The first-order chi connectivity index (χ1) is 13.7. The lowest BCUT2D eigenvalue weighted by Gasteiger charge is -1.99. The van der Waals surface area contributed by atoms with Gasteiger partial charge >= 0.3 is 0 Å². The smallest absolute Gasteiger partial charge is 0.124 e. The molecular formula is C22H16N2O2S2. The van der Waals surface area contributed by atoms with E-state index in [-0.39, 0.29) is 0 Å². The quantitative estimate of drug-likeness (QED) is 0.355. The van der Waals surface area contributed by atoms with Crippen LogP contribution in [0.4, 0.5) is 0 Å². The van der Waals surface area contributed by atoms with E-state index in [1.165, 1.54) is 0 Å². The summed E-state index contributed by atoms with van der Waals surface area (Å²) < 4.78 is 12.8. The second-order valence-corrected chi connectivity index (χ2v) is 8.34. The molecule has 5 rings (SSSR count). The maximum atomic E-state index is 5.24. The summed E-state index contributed by atoms with van der Waals surface area (Å²) in [4.78, 5) is 9.67. The summed E-state index contributed by atoms with van der Waals surface area (Å²) in [5.41, 5.74) is 4.20. The molecule has 5 aromatic rings. The third-order valence-electron chi connectivity index (χ3n) is 4.57. The zero-order valence-electron chi connectivity index (χ0n) is 15.3. The largest absolute Gasteiger partial charge is 0.497 e. The van der Waals surface area contributed by atoms with E-state index in [1.54, 1.807) is 36.9 Å². The number of hydrogen-bond acceptors (Lipinski definition) is 6. The Hall–Kier alpha value is -2.96.